The maximum atomic E-state index is 12.3. The highest BCUT2D eigenvalue weighted by Gasteiger charge is 2.30. The third-order valence-electron chi connectivity index (χ3n) is 1.96. The largest absolute Gasteiger partial charge is 0.416 e. The van der Waals surface area contributed by atoms with E-state index in [-0.39, 0.29) is 11.5 Å². The maximum absolute atomic E-state index is 12.3. The van der Waals surface area contributed by atoms with E-state index in [4.69, 9.17) is 0 Å². The lowest BCUT2D eigenvalue weighted by Crippen LogP contribution is -2.40. The predicted molar refractivity (Wildman–Crippen MR) is 58.7 cm³/mol. The van der Waals surface area contributed by atoms with E-state index in [1.807, 2.05) is 0 Å². The number of carbonyl (C=O) groups excluding carboxylic acids is 1. The van der Waals surface area contributed by atoms with Crippen molar-refractivity contribution in [1.82, 2.24) is 5.32 Å². The summed E-state index contributed by atoms with van der Waals surface area (Å²) in [5, 5.41) is 2.67. The van der Waals surface area contributed by atoms with Gasteiger partial charge in [0.2, 0.25) is 0 Å². The topological polar surface area (TPSA) is 29.1 Å². The van der Waals surface area contributed by atoms with Crippen LogP contribution in [0.1, 0.15) is 36.7 Å². The van der Waals surface area contributed by atoms with Gasteiger partial charge < -0.3 is 5.32 Å². The van der Waals surface area contributed by atoms with Crippen molar-refractivity contribution in [1.29, 1.82) is 0 Å². The molecular formula is C12H14F3NO. The van der Waals surface area contributed by atoms with Crippen LogP contribution < -0.4 is 5.32 Å². The Balaban J connectivity index is 2.85. The fourth-order valence-corrected chi connectivity index (χ4v) is 1.22. The van der Waals surface area contributed by atoms with Gasteiger partial charge in [0, 0.05) is 11.1 Å². The van der Waals surface area contributed by atoms with Crippen molar-refractivity contribution in [3.8, 4) is 0 Å². The molecule has 0 radical (unpaired) electrons. The smallest absolute Gasteiger partial charge is 0.347 e. The van der Waals surface area contributed by atoms with Gasteiger partial charge in [0.1, 0.15) is 0 Å². The Morgan fingerprint density at radius 2 is 1.53 bits per heavy atom. The molecule has 1 aromatic rings. The maximum Gasteiger partial charge on any atom is 0.416 e. The monoisotopic (exact) mass is 245 g/mol. The zero-order valence-corrected chi connectivity index (χ0v) is 9.85. The molecule has 0 spiro atoms. The lowest BCUT2D eigenvalue weighted by Gasteiger charge is -2.20. The van der Waals surface area contributed by atoms with Crippen LogP contribution in [0.4, 0.5) is 13.2 Å². The molecule has 5 heteroatoms. The van der Waals surface area contributed by atoms with E-state index in [1.54, 1.807) is 20.8 Å². The molecule has 1 amide bonds. The Morgan fingerprint density at radius 1 is 1.06 bits per heavy atom. The van der Waals surface area contributed by atoms with E-state index in [2.05, 4.69) is 5.32 Å². The van der Waals surface area contributed by atoms with Crippen molar-refractivity contribution >= 4 is 5.91 Å². The molecule has 0 aromatic heterocycles. The van der Waals surface area contributed by atoms with Crippen molar-refractivity contribution < 1.29 is 18.0 Å². The Hall–Kier alpha value is -1.52. The van der Waals surface area contributed by atoms with Crippen LogP contribution in [0.15, 0.2) is 24.3 Å². The number of halogens is 3. The van der Waals surface area contributed by atoms with E-state index in [1.165, 1.54) is 12.1 Å². The quantitative estimate of drug-likeness (QED) is 0.808. The van der Waals surface area contributed by atoms with Crippen LogP contribution in [0.3, 0.4) is 0 Å². The first kappa shape index (κ1) is 13.5. The van der Waals surface area contributed by atoms with E-state index >= 15 is 0 Å². The molecule has 0 aliphatic heterocycles. The average molecular weight is 245 g/mol. The SMILES string of the molecule is CC(C)(C)NC(=O)c1ccc(C(F)(F)F)cc1. The van der Waals surface area contributed by atoms with Crippen LogP contribution in [-0.4, -0.2) is 11.4 Å². The van der Waals surface area contributed by atoms with Gasteiger partial charge in [-0.3, -0.25) is 4.79 Å². The Labute approximate surface area is 97.8 Å². The summed E-state index contributed by atoms with van der Waals surface area (Å²) in [4.78, 5) is 11.6. The van der Waals surface area contributed by atoms with Crippen LogP contribution in [-0.2, 0) is 6.18 Å². The van der Waals surface area contributed by atoms with Gasteiger partial charge in [0.15, 0.2) is 0 Å². The van der Waals surface area contributed by atoms with Gasteiger partial charge in [-0.15, -0.1) is 0 Å². The predicted octanol–water partition coefficient (Wildman–Crippen LogP) is 3.23. The van der Waals surface area contributed by atoms with Gasteiger partial charge in [0.05, 0.1) is 5.56 Å². The molecule has 1 N–H and O–H groups in total. The van der Waals surface area contributed by atoms with Crippen molar-refractivity contribution in [2.45, 2.75) is 32.5 Å². The molecule has 0 fully saturated rings. The third-order valence-corrected chi connectivity index (χ3v) is 1.96. The van der Waals surface area contributed by atoms with Crippen molar-refractivity contribution in [3.05, 3.63) is 35.4 Å². The second kappa shape index (κ2) is 4.39. The summed E-state index contributed by atoms with van der Waals surface area (Å²) < 4.78 is 36.9. The summed E-state index contributed by atoms with van der Waals surface area (Å²) in [5.74, 6) is -0.383. The van der Waals surface area contributed by atoms with Gasteiger partial charge >= 0.3 is 6.18 Å². The van der Waals surface area contributed by atoms with Crippen molar-refractivity contribution in [2.24, 2.45) is 0 Å². The summed E-state index contributed by atoms with van der Waals surface area (Å²) >= 11 is 0. The van der Waals surface area contributed by atoms with Crippen LogP contribution >= 0.6 is 0 Å². The minimum atomic E-state index is -4.38. The third kappa shape index (κ3) is 4.09. The number of amides is 1. The van der Waals surface area contributed by atoms with Crippen molar-refractivity contribution in [3.63, 3.8) is 0 Å². The van der Waals surface area contributed by atoms with Crippen LogP contribution in [0.5, 0.6) is 0 Å². The molecule has 0 bridgehead atoms. The summed E-state index contributed by atoms with van der Waals surface area (Å²) in [6.45, 7) is 5.40. The molecule has 2 nitrogen and oxygen atoms in total. The van der Waals surface area contributed by atoms with E-state index in [0.29, 0.717) is 0 Å². The van der Waals surface area contributed by atoms with Gasteiger partial charge in [0.25, 0.3) is 5.91 Å². The van der Waals surface area contributed by atoms with E-state index in [0.717, 1.165) is 12.1 Å². The molecule has 1 aromatic carbocycles. The van der Waals surface area contributed by atoms with E-state index in [9.17, 15) is 18.0 Å². The molecule has 0 heterocycles. The van der Waals surface area contributed by atoms with Crippen molar-refractivity contribution in [2.75, 3.05) is 0 Å². The minimum absolute atomic E-state index is 0.216. The van der Waals surface area contributed by atoms with Gasteiger partial charge in [-0.2, -0.15) is 13.2 Å². The highest BCUT2D eigenvalue weighted by Crippen LogP contribution is 2.29. The van der Waals surface area contributed by atoms with Crippen LogP contribution in [0, 0.1) is 0 Å². The molecule has 17 heavy (non-hydrogen) atoms. The molecule has 0 saturated heterocycles. The fourth-order valence-electron chi connectivity index (χ4n) is 1.22. The number of alkyl halides is 3. The molecular weight excluding hydrogens is 231 g/mol. The molecule has 0 atom stereocenters. The Kier molecular flexibility index (Phi) is 3.50. The number of hydrogen-bond donors (Lipinski definition) is 1. The summed E-state index contributed by atoms with van der Waals surface area (Å²) in [6, 6.07) is 4.14. The molecule has 0 aliphatic carbocycles. The first-order valence-corrected chi connectivity index (χ1v) is 5.09. The second-order valence-corrected chi connectivity index (χ2v) is 4.78. The Morgan fingerprint density at radius 3 is 1.88 bits per heavy atom. The first-order valence-electron chi connectivity index (χ1n) is 5.09. The van der Waals surface area contributed by atoms with Crippen LogP contribution in [0.2, 0.25) is 0 Å². The molecule has 94 valence electrons. The molecule has 0 saturated carbocycles. The number of rotatable bonds is 1. The standard InChI is InChI=1S/C12H14F3NO/c1-11(2,3)16-10(17)8-4-6-9(7-5-8)12(13,14)15/h4-7H,1-3H3,(H,16,17). The molecule has 1 rings (SSSR count). The minimum Gasteiger partial charge on any atom is -0.347 e. The number of benzene rings is 1. The number of nitrogens with one attached hydrogen (secondary N) is 1. The first-order chi connectivity index (χ1) is 7.59. The Bertz CT molecular complexity index is 401. The highest BCUT2D eigenvalue weighted by molar-refractivity contribution is 5.94. The lowest BCUT2D eigenvalue weighted by atomic mass is 10.1. The van der Waals surface area contributed by atoms with Gasteiger partial charge in [-0.05, 0) is 45.0 Å². The second-order valence-electron chi connectivity index (χ2n) is 4.78. The number of hydrogen-bond acceptors (Lipinski definition) is 1. The number of carbonyl (C=O) groups is 1. The lowest BCUT2D eigenvalue weighted by molar-refractivity contribution is -0.137. The summed E-state index contributed by atoms with van der Waals surface area (Å²) in [6.07, 6.45) is -4.38. The zero-order valence-electron chi connectivity index (χ0n) is 9.85. The zero-order chi connectivity index (χ0) is 13.3. The van der Waals surface area contributed by atoms with E-state index < -0.39 is 17.3 Å². The fraction of sp³-hybridized carbons (Fsp3) is 0.417. The van der Waals surface area contributed by atoms with Gasteiger partial charge in [-0.25, -0.2) is 0 Å². The highest BCUT2D eigenvalue weighted by atomic mass is 19.4. The molecule has 0 aliphatic rings. The van der Waals surface area contributed by atoms with Gasteiger partial charge in [-0.1, -0.05) is 0 Å². The summed E-state index contributed by atoms with van der Waals surface area (Å²) in [7, 11) is 0. The molecule has 0 unspecified atom stereocenters. The average Bonchev–Trinajstić information content (AvgIpc) is 2.14. The van der Waals surface area contributed by atoms with Crippen LogP contribution in [0.25, 0.3) is 0 Å². The summed E-state index contributed by atoms with van der Waals surface area (Å²) in [5.41, 5.74) is -0.961. The normalized spacial score (nSPS) is 12.4.